The molecule has 0 aliphatic heterocycles. The van der Waals surface area contributed by atoms with E-state index in [0.717, 1.165) is 45.3 Å². The van der Waals surface area contributed by atoms with Crippen molar-refractivity contribution in [2.24, 2.45) is 0 Å². The minimum absolute atomic E-state index is 0.786. The molecule has 0 spiro atoms. The Morgan fingerprint density at radius 3 is 1.53 bits per heavy atom. The highest BCUT2D eigenvalue weighted by atomic mass is 16.5. The first-order chi connectivity index (χ1) is 17.7. The second-order valence-electron chi connectivity index (χ2n) is 8.72. The van der Waals surface area contributed by atoms with E-state index in [1.165, 1.54) is 33.0 Å². The number of ether oxygens (including phenoxy) is 4. The summed E-state index contributed by atoms with van der Waals surface area (Å²) in [5.74, 6) is 3.15. The van der Waals surface area contributed by atoms with Gasteiger partial charge in [-0.3, -0.25) is 0 Å². The lowest BCUT2D eigenvalue weighted by molar-refractivity contribution is 0.397. The summed E-state index contributed by atoms with van der Waals surface area (Å²) in [5.41, 5.74) is 8.91. The Hall–Kier alpha value is -4.44. The van der Waals surface area contributed by atoms with Crippen molar-refractivity contribution in [2.75, 3.05) is 28.4 Å². The van der Waals surface area contributed by atoms with Crippen LogP contribution in [-0.2, 0) is 0 Å². The van der Waals surface area contributed by atoms with Crippen molar-refractivity contribution in [3.63, 3.8) is 0 Å². The minimum atomic E-state index is 0.786. The molecular weight excluding hydrogens is 448 g/mol. The third-order valence-electron chi connectivity index (χ3n) is 7.05. The van der Waals surface area contributed by atoms with Gasteiger partial charge >= 0.3 is 0 Å². The Balaban J connectivity index is 1.60. The fourth-order valence-electron chi connectivity index (χ4n) is 5.48. The average molecular weight is 475 g/mol. The van der Waals surface area contributed by atoms with E-state index in [2.05, 4.69) is 48.5 Å². The summed E-state index contributed by atoms with van der Waals surface area (Å²) < 4.78 is 22.8. The van der Waals surface area contributed by atoms with Crippen molar-refractivity contribution in [1.82, 2.24) is 0 Å². The van der Waals surface area contributed by atoms with Gasteiger partial charge < -0.3 is 18.9 Å². The zero-order chi connectivity index (χ0) is 24.8. The van der Waals surface area contributed by atoms with Crippen LogP contribution in [0.4, 0.5) is 0 Å². The van der Waals surface area contributed by atoms with E-state index in [9.17, 15) is 0 Å². The molecule has 0 atom stereocenters. The van der Waals surface area contributed by atoms with Gasteiger partial charge in [-0.1, -0.05) is 54.6 Å². The Morgan fingerprint density at radius 1 is 0.417 bits per heavy atom. The summed E-state index contributed by atoms with van der Waals surface area (Å²) in [4.78, 5) is 0. The third kappa shape index (κ3) is 3.14. The normalized spacial score (nSPS) is 11.3. The second kappa shape index (κ2) is 8.65. The van der Waals surface area contributed by atoms with Crippen molar-refractivity contribution in [1.29, 1.82) is 0 Å². The topological polar surface area (TPSA) is 36.9 Å². The number of methoxy groups -OCH3 is 4. The molecule has 0 bridgehead atoms. The van der Waals surface area contributed by atoms with Gasteiger partial charge in [-0.25, -0.2) is 0 Å². The smallest absolute Gasteiger partial charge is 0.130 e. The SMILES string of the molecule is COc1cccc(OC)c1-c1ccc2c(c1)-c1cccc3c(-c4c(OC)cccc4OC)ccc-2c13. The fourth-order valence-corrected chi connectivity index (χ4v) is 5.48. The molecule has 4 nitrogen and oxygen atoms in total. The standard InChI is InChI=1S/C32H26O4/c1-33-26-10-6-11-27(34-2)30(26)19-14-15-20-23-16-17-24(32-28(35-3)12-7-13-29(32)36-4)21-8-5-9-22(31(21)23)25(20)18-19/h5-18H,1-4H3. The number of hydrogen-bond donors (Lipinski definition) is 0. The van der Waals surface area contributed by atoms with Gasteiger partial charge in [0.05, 0.1) is 39.6 Å². The van der Waals surface area contributed by atoms with E-state index in [1.54, 1.807) is 28.4 Å². The van der Waals surface area contributed by atoms with Gasteiger partial charge in [0, 0.05) is 0 Å². The molecule has 178 valence electrons. The maximum absolute atomic E-state index is 5.73. The van der Waals surface area contributed by atoms with Crippen molar-refractivity contribution >= 4 is 10.8 Å². The Kier molecular flexibility index (Phi) is 5.30. The molecule has 5 aromatic carbocycles. The zero-order valence-electron chi connectivity index (χ0n) is 20.7. The summed E-state index contributed by atoms with van der Waals surface area (Å²) in [5, 5.41) is 2.41. The van der Waals surface area contributed by atoms with E-state index in [4.69, 9.17) is 18.9 Å². The van der Waals surface area contributed by atoms with E-state index in [1.807, 2.05) is 36.4 Å². The molecule has 0 radical (unpaired) electrons. The Labute approximate surface area is 210 Å². The Morgan fingerprint density at radius 2 is 0.917 bits per heavy atom. The molecule has 0 saturated carbocycles. The van der Waals surface area contributed by atoms with Crippen LogP contribution < -0.4 is 18.9 Å². The number of rotatable bonds is 6. The highest BCUT2D eigenvalue weighted by Gasteiger charge is 2.25. The van der Waals surface area contributed by atoms with Gasteiger partial charge in [-0.2, -0.15) is 0 Å². The highest BCUT2D eigenvalue weighted by Crippen LogP contribution is 2.52. The van der Waals surface area contributed by atoms with Crippen LogP contribution in [0.2, 0.25) is 0 Å². The van der Waals surface area contributed by atoms with E-state index >= 15 is 0 Å². The molecule has 0 N–H and O–H groups in total. The zero-order valence-corrected chi connectivity index (χ0v) is 20.7. The largest absolute Gasteiger partial charge is 0.496 e. The Bertz CT molecular complexity index is 1590. The second-order valence-corrected chi connectivity index (χ2v) is 8.72. The lowest BCUT2D eigenvalue weighted by Gasteiger charge is -2.16. The van der Waals surface area contributed by atoms with Crippen LogP contribution in [0.1, 0.15) is 0 Å². The van der Waals surface area contributed by atoms with Gasteiger partial charge in [0.25, 0.3) is 0 Å². The lowest BCUT2D eigenvalue weighted by atomic mass is 9.93. The first-order valence-electron chi connectivity index (χ1n) is 11.8. The average Bonchev–Trinajstić information content (AvgIpc) is 3.26. The van der Waals surface area contributed by atoms with Crippen molar-refractivity contribution in [2.45, 2.75) is 0 Å². The van der Waals surface area contributed by atoms with E-state index in [-0.39, 0.29) is 0 Å². The predicted molar refractivity (Wildman–Crippen MR) is 145 cm³/mol. The molecule has 1 aliphatic rings. The van der Waals surface area contributed by atoms with Crippen LogP contribution in [0, 0.1) is 0 Å². The molecule has 0 unspecified atom stereocenters. The summed E-state index contributed by atoms with van der Waals surface area (Å²) in [6.07, 6.45) is 0. The van der Waals surface area contributed by atoms with E-state index in [0.29, 0.717) is 0 Å². The monoisotopic (exact) mass is 474 g/mol. The first-order valence-corrected chi connectivity index (χ1v) is 11.8. The molecule has 0 saturated heterocycles. The van der Waals surface area contributed by atoms with Crippen LogP contribution in [0.15, 0.2) is 84.9 Å². The molecular formula is C32H26O4. The molecule has 6 rings (SSSR count). The highest BCUT2D eigenvalue weighted by molar-refractivity contribution is 6.19. The summed E-state index contributed by atoms with van der Waals surface area (Å²) in [6.45, 7) is 0. The van der Waals surface area contributed by atoms with Crippen molar-refractivity contribution in [3.05, 3.63) is 84.9 Å². The molecule has 5 aromatic rings. The summed E-state index contributed by atoms with van der Waals surface area (Å²) >= 11 is 0. The van der Waals surface area contributed by atoms with Gasteiger partial charge in [0.1, 0.15) is 23.0 Å². The molecule has 36 heavy (non-hydrogen) atoms. The molecule has 4 heteroatoms. The minimum Gasteiger partial charge on any atom is -0.496 e. The number of hydrogen-bond acceptors (Lipinski definition) is 4. The van der Waals surface area contributed by atoms with Crippen molar-refractivity contribution in [3.8, 4) is 67.5 Å². The third-order valence-corrected chi connectivity index (χ3v) is 7.05. The molecule has 1 aliphatic carbocycles. The van der Waals surface area contributed by atoms with Gasteiger partial charge in [-0.05, 0) is 74.5 Å². The van der Waals surface area contributed by atoms with Crippen LogP contribution >= 0.6 is 0 Å². The van der Waals surface area contributed by atoms with Crippen LogP contribution in [0.3, 0.4) is 0 Å². The lowest BCUT2D eigenvalue weighted by Crippen LogP contribution is -1.94. The molecule has 0 amide bonds. The molecule has 0 heterocycles. The molecule has 0 aromatic heterocycles. The predicted octanol–water partition coefficient (Wildman–Crippen LogP) is 7.86. The number of benzene rings is 5. The molecule has 0 fully saturated rings. The van der Waals surface area contributed by atoms with E-state index < -0.39 is 0 Å². The maximum Gasteiger partial charge on any atom is 0.130 e. The maximum atomic E-state index is 5.73. The first kappa shape index (κ1) is 22.1. The van der Waals surface area contributed by atoms with Gasteiger partial charge in [0.15, 0.2) is 0 Å². The quantitative estimate of drug-likeness (QED) is 0.246. The summed E-state index contributed by atoms with van der Waals surface area (Å²) in [6, 6.07) is 29.3. The van der Waals surface area contributed by atoms with Crippen LogP contribution in [-0.4, -0.2) is 28.4 Å². The fraction of sp³-hybridized carbons (Fsp3) is 0.125. The van der Waals surface area contributed by atoms with Gasteiger partial charge in [-0.15, -0.1) is 0 Å². The number of fused-ring (bicyclic) bond motifs is 3. The summed E-state index contributed by atoms with van der Waals surface area (Å²) in [7, 11) is 6.77. The van der Waals surface area contributed by atoms with Crippen LogP contribution in [0.25, 0.3) is 55.3 Å². The van der Waals surface area contributed by atoms with Gasteiger partial charge in [0.2, 0.25) is 0 Å². The van der Waals surface area contributed by atoms with Crippen molar-refractivity contribution < 1.29 is 18.9 Å². The van der Waals surface area contributed by atoms with Crippen LogP contribution in [0.5, 0.6) is 23.0 Å².